The average Bonchev–Trinajstić information content (AvgIpc) is 2.69. The first kappa shape index (κ1) is 21.2. The minimum atomic E-state index is 0. The zero-order chi connectivity index (χ0) is 18.4. The van der Waals surface area contributed by atoms with Crippen molar-refractivity contribution in [1.82, 2.24) is 0 Å². The molecule has 0 saturated heterocycles. The maximum atomic E-state index is 4.33. The molecule has 0 heterocycles. The van der Waals surface area contributed by atoms with Gasteiger partial charge in [0.25, 0.3) is 0 Å². The number of rotatable bonds is 7. The van der Waals surface area contributed by atoms with Gasteiger partial charge in [-0.3, -0.25) is 0 Å². The van der Waals surface area contributed by atoms with Crippen molar-refractivity contribution in [3.63, 3.8) is 0 Å². The molecule has 132 valence electrons. The van der Waals surface area contributed by atoms with E-state index < -0.39 is 0 Å². The summed E-state index contributed by atoms with van der Waals surface area (Å²) < 4.78 is 0. The van der Waals surface area contributed by atoms with Crippen molar-refractivity contribution in [3.8, 4) is 0 Å². The van der Waals surface area contributed by atoms with Crippen molar-refractivity contribution < 1.29 is 18.9 Å². The van der Waals surface area contributed by atoms with Gasteiger partial charge in [0.05, 0.1) is 0 Å². The first-order valence-electron chi connectivity index (χ1n) is 9.41. The molecule has 0 spiro atoms. The standard InChI is InChI=1S/C26H27.Li/c1-20(2)17-18-26(23-13-8-5-9-14-23)25-16-10-15-24(19-25)21(3)22-11-6-4-7-12-22;/h4-16,19-20H,3,17-18H2,1-2H3;/q-1;+1. The van der Waals surface area contributed by atoms with Crippen LogP contribution in [0.4, 0.5) is 0 Å². The zero-order valence-corrected chi connectivity index (χ0v) is 16.8. The van der Waals surface area contributed by atoms with Crippen molar-refractivity contribution >= 4 is 5.57 Å². The quantitative estimate of drug-likeness (QED) is 0.445. The fourth-order valence-electron chi connectivity index (χ4n) is 3.23. The van der Waals surface area contributed by atoms with Gasteiger partial charge in [0, 0.05) is 0 Å². The molecule has 0 fully saturated rings. The van der Waals surface area contributed by atoms with Gasteiger partial charge in [0.15, 0.2) is 0 Å². The molecule has 3 aromatic rings. The summed E-state index contributed by atoms with van der Waals surface area (Å²) in [4.78, 5) is 0. The largest absolute Gasteiger partial charge is 1.00 e. The van der Waals surface area contributed by atoms with Crippen molar-refractivity contribution in [1.29, 1.82) is 0 Å². The molecular formula is C26H27Li. The van der Waals surface area contributed by atoms with E-state index in [1.54, 1.807) is 0 Å². The Balaban J connectivity index is 0.00000261. The molecular weight excluding hydrogens is 319 g/mol. The van der Waals surface area contributed by atoms with E-state index in [2.05, 4.69) is 99.3 Å². The number of benzene rings is 3. The van der Waals surface area contributed by atoms with Crippen LogP contribution >= 0.6 is 0 Å². The Labute approximate surface area is 176 Å². The Morgan fingerprint density at radius 1 is 0.778 bits per heavy atom. The van der Waals surface area contributed by atoms with Gasteiger partial charge in [-0.1, -0.05) is 99.5 Å². The SMILES string of the molecule is C=C(c1ccccc1)c1cccc([C-](CCC(C)C)c2ccccc2)c1.[Li+]. The van der Waals surface area contributed by atoms with Crippen LogP contribution in [0.5, 0.6) is 0 Å². The summed E-state index contributed by atoms with van der Waals surface area (Å²) in [6, 6.07) is 30.0. The topological polar surface area (TPSA) is 0 Å². The summed E-state index contributed by atoms with van der Waals surface area (Å²) in [5.74, 6) is 2.11. The van der Waals surface area contributed by atoms with Crippen LogP contribution in [0.25, 0.3) is 5.57 Å². The van der Waals surface area contributed by atoms with Crippen LogP contribution in [0.1, 0.15) is 48.9 Å². The fourth-order valence-corrected chi connectivity index (χ4v) is 3.23. The summed E-state index contributed by atoms with van der Waals surface area (Å²) in [5, 5.41) is 0. The molecule has 27 heavy (non-hydrogen) atoms. The minimum Gasteiger partial charge on any atom is -0.120 e. The molecule has 3 aromatic carbocycles. The van der Waals surface area contributed by atoms with E-state index in [4.69, 9.17) is 0 Å². The van der Waals surface area contributed by atoms with E-state index in [9.17, 15) is 0 Å². The second-order valence-electron chi connectivity index (χ2n) is 7.20. The van der Waals surface area contributed by atoms with Gasteiger partial charge in [-0.05, 0) is 17.1 Å². The van der Waals surface area contributed by atoms with Crippen LogP contribution in [0, 0.1) is 11.8 Å². The first-order valence-corrected chi connectivity index (χ1v) is 9.41. The number of hydrogen-bond donors (Lipinski definition) is 0. The van der Waals surface area contributed by atoms with E-state index in [-0.39, 0.29) is 18.9 Å². The molecule has 0 atom stereocenters. The van der Waals surface area contributed by atoms with Crippen molar-refractivity contribution in [3.05, 3.63) is 120 Å². The Kier molecular flexibility index (Phi) is 8.05. The van der Waals surface area contributed by atoms with Gasteiger partial charge in [-0.25, -0.2) is 0 Å². The van der Waals surface area contributed by atoms with Crippen LogP contribution < -0.4 is 18.9 Å². The fraction of sp³-hybridized carbons (Fsp3) is 0.192. The third-order valence-corrected chi connectivity index (χ3v) is 4.78. The predicted octanol–water partition coefficient (Wildman–Crippen LogP) is 4.16. The normalized spacial score (nSPS) is 10.3. The smallest absolute Gasteiger partial charge is 0.120 e. The summed E-state index contributed by atoms with van der Waals surface area (Å²) in [6.45, 7) is 8.91. The Hall–Kier alpha value is -2.13. The summed E-state index contributed by atoms with van der Waals surface area (Å²) in [6.07, 6.45) is 2.27. The molecule has 0 aliphatic heterocycles. The predicted molar refractivity (Wildman–Crippen MR) is 113 cm³/mol. The van der Waals surface area contributed by atoms with E-state index in [1.165, 1.54) is 34.6 Å². The van der Waals surface area contributed by atoms with Crippen LogP contribution in [-0.2, 0) is 0 Å². The summed E-state index contributed by atoms with van der Waals surface area (Å²) >= 11 is 0. The maximum Gasteiger partial charge on any atom is 1.00 e. The Morgan fingerprint density at radius 3 is 1.96 bits per heavy atom. The zero-order valence-electron chi connectivity index (χ0n) is 16.8. The van der Waals surface area contributed by atoms with Gasteiger partial charge in [0.1, 0.15) is 0 Å². The summed E-state index contributed by atoms with van der Waals surface area (Å²) in [5.41, 5.74) is 6.05. The van der Waals surface area contributed by atoms with E-state index in [1.807, 2.05) is 6.07 Å². The second kappa shape index (κ2) is 10.3. The maximum absolute atomic E-state index is 4.33. The molecule has 0 saturated carbocycles. The third kappa shape index (κ3) is 5.67. The van der Waals surface area contributed by atoms with Crippen LogP contribution in [-0.4, -0.2) is 0 Å². The van der Waals surface area contributed by atoms with Crippen molar-refractivity contribution in [2.24, 2.45) is 5.92 Å². The molecule has 0 nitrogen and oxygen atoms in total. The Bertz CT molecular complexity index is 834. The Morgan fingerprint density at radius 2 is 1.33 bits per heavy atom. The van der Waals surface area contributed by atoms with Crippen molar-refractivity contribution in [2.45, 2.75) is 26.7 Å². The third-order valence-electron chi connectivity index (χ3n) is 4.78. The van der Waals surface area contributed by atoms with Crippen molar-refractivity contribution in [2.75, 3.05) is 0 Å². The second-order valence-corrected chi connectivity index (χ2v) is 7.20. The molecule has 0 bridgehead atoms. The molecule has 3 rings (SSSR count). The van der Waals surface area contributed by atoms with Gasteiger partial charge >= 0.3 is 18.9 Å². The van der Waals surface area contributed by atoms with Crippen LogP contribution in [0.15, 0.2) is 91.5 Å². The molecule has 1 heteroatoms. The molecule has 0 aliphatic rings. The number of hydrogen-bond acceptors (Lipinski definition) is 0. The molecule has 0 radical (unpaired) electrons. The molecule has 0 amide bonds. The van der Waals surface area contributed by atoms with E-state index in [0.717, 1.165) is 12.0 Å². The van der Waals surface area contributed by atoms with E-state index in [0.29, 0.717) is 5.92 Å². The van der Waals surface area contributed by atoms with Gasteiger partial charge in [0.2, 0.25) is 0 Å². The van der Waals surface area contributed by atoms with Gasteiger partial charge in [-0.2, -0.15) is 0 Å². The molecule has 0 N–H and O–H groups in total. The van der Waals surface area contributed by atoms with E-state index >= 15 is 0 Å². The minimum absolute atomic E-state index is 0. The molecule has 0 unspecified atom stereocenters. The van der Waals surface area contributed by atoms with Crippen LogP contribution in [0.2, 0.25) is 0 Å². The molecule has 0 aliphatic carbocycles. The monoisotopic (exact) mass is 346 g/mol. The average molecular weight is 346 g/mol. The van der Waals surface area contributed by atoms with Gasteiger partial charge < -0.3 is 0 Å². The van der Waals surface area contributed by atoms with Gasteiger partial charge in [-0.15, -0.1) is 41.3 Å². The first-order chi connectivity index (χ1) is 12.6. The van der Waals surface area contributed by atoms with Crippen LogP contribution in [0.3, 0.4) is 0 Å². The molecule has 0 aromatic heterocycles. The summed E-state index contributed by atoms with van der Waals surface area (Å²) in [7, 11) is 0.